The molecule has 0 fully saturated rings. The number of rotatable bonds is 5. The Hall–Kier alpha value is -3.64. The van der Waals surface area contributed by atoms with E-state index >= 15 is 0 Å². The Bertz CT molecular complexity index is 1080. The maximum atomic E-state index is 12.6. The highest BCUT2D eigenvalue weighted by atomic mass is 35.5. The van der Waals surface area contributed by atoms with Crippen LogP contribution < -0.4 is 10.6 Å². The number of halogens is 1. The Balaban J connectivity index is 1.58. The zero-order valence-electron chi connectivity index (χ0n) is 15.2. The molecule has 0 aliphatic carbocycles. The number of nitrogens with zero attached hydrogens (tertiary/aromatic N) is 2. The maximum Gasteiger partial charge on any atom is 0.320 e. The van der Waals surface area contributed by atoms with Gasteiger partial charge in [-0.05, 0) is 42.0 Å². The largest absolute Gasteiger partial charge is 0.418 e. The van der Waals surface area contributed by atoms with E-state index in [9.17, 15) is 4.79 Å². The van der Waals surface area contributed by atoms with Crippen LogP contribution in [0.5, 0.6) is 0 Å². The van der Waals surface area contributed by atoms with E-state index in [4.69, 9.17) is 16.0 Å². The first-order valence-electron chi connectivity index (χ1n) is 8.96. The summed E-state index contributed by atoms with van der Waals surface area (Å²) < 4.78 is 5.87. The molecule has 0 aliphatic rings. The SMILES string of the molecule is O=C(Nc1ccc(Cl)cc1)N[C@H](c1ccccc1)c1nnc(-c2ccccc2)o1. The number of urea groups is 1. The van der Waals surface area contributed by atoms with Gasteiger partial charge in [0.2, 0.25) is 11.8 Å². The molecule has 2 amide bonds. The quantitative estimate of drug-likeness (QED) is 0.473. The average molecular weight is 405 g/mol. The summed E-state index contributed by atoms with van der Waals surface area (Å²) >= 11 is 5.89. The van der Waals surface area contributed by atoms with Gasteiger partial charge in [0.25, 0.3) is 0 Å². The molecule has 0 unspecified atom stereocenters. The van der Waals surface area contributed by atoms with Crippen LogP contribution in [0.15, 0.2) is 89.3 Å². The Kier molecular flexibility index (Phi) is 5.54. The molecule has 144 valence electrons. The number of benzene rings is 3. The second-order valence-corrected chi connectivity index (χ2v) is 6.70. The van der Waals surface area contributed by atoms with Crippen molar-refractivity contribution in [2.45, 2.75) is 6.04 Å². The lowest BCUT2D eigenvalue weighted by molar-refractivity contribution is 0.248. The number of carbonyl (C=O) groups is 1. The fraction of sp³-hybridized carbons (Fsp3) is 0.0455. The second-order valence-electron chi connectivity index (χ2n) is 6.26. The van der Waals surface area contributed by atoms with E-state index in [0.717, 1.165) is 11.1 Å². The lowest BCUT2D eigenvalue weighted by atomic mass is 10.1. The summed E-state index contributed by atoms with van der Waals surface area (Å²) in [4.78, 5) is 12.6. The molecule has 1 atom stereocenters. The van der Waals surface area contributed by atoms with E-state index in [2.05, 4.69) is 20.8 Å². The average Bonchev–Trinajstić information content (AvgIpc) is 3.25. The van der Waals surface area contributed by atoms with Gasteiger partial charge in [0.1, 0.15) is 6.04 Å². The lowest BCUT2D eigenvalue weighted by Gasteiger charge is -2.16. The van der Waals surface area contributed by atoms with Gasteiger partial charge in [-0.3, -0.25) is 0 Å². The molecule has 0 aliphatic heterocycles. The van der Waals surface area contributed by atoms with Crippen LogP contribution in [0.1, 0.15) is 17.5 Å². The molecule has 0 saturated carbocycles. The molecular formula is C22H17ClN4O2. The summed E-state index contributed by atoms with van der Waals surface area (Å²) in [5.74, 6) is 0.683. The van der Waals surface area contributed by atoms with Gasteiger partial charge in [0.15, 0.2) is 0 Å². The molecule has 1 aromatic heterocycles. The van der Waals surface area contributed by atoms with Crippen molar-refractivity contribution < 1.29 is 9.21 Å². The molecule has 4 aromatic rings. The summed E-state index contributed by atoms with van der Waals surface area (Å²) in [7, 11) is 0. The summed E-state index contributed by atoms with van der Waals surface area (Å²) in [6.07, 6.45) is 0. The van der Waals surface area contributed by atoms with Gasteiger partial charge in [0, 0.05) is 16.3 Å². The van der Waals surface area contributed by atoms with Crippen molar-refractivity contribution in [2.75, 3.05) is 5.32 Å². The highest BCUT2D eigenvalue weighted by Crippen LogP contribution is 2.25. The number of anilines is 1. The number of aromatic nitrogens is 2. The molecule has 3 aromatic carbocycles. The van der Waals surface area contributed by atoms with Crippen molar-refractivity contribution in [3.05, 3.63) is 101 Å². The number of nitrogens with one attached hydrogen (secondary N) is 2. The normalized spacial score (nSPS) is 11.6. The smallest absolute Gasteiger partial charge is 0.320 e. The number of hydrogen-bond acceptors (Lipinski definition) is 4. The van der Waals surface area contributed by atoms with Crippen LogP contribution in [0.3, 0.4) is 0 Å². The molecule has 1 heterocycles. The fourth-order valence-corrected chi connectivity index (χ4v) is 2.94. The van der Waals surface area contributed by atoms with Crippen molar-refractivity contribution in [2.24, 2.45) is 0 Å². The first kappa shape index (κ1) is 18.7. The molecule has 0 bridgehead atoms. The van der Waals surface area contributed by atoms with Crippen molar-refractivity contribution >= 4 is 23.3 Å². The van der Waals surface area contributed by atoms with E-state index < -0.39 is 12.1 Å². The lowest BCUT2D eigenvalue weighted by Crippen LogP contribution is -2.33. The molecular weight excluding hydrogens is 388 g/mol. The zero-order chi connectivity index (χ0) is 20.1. The molecule has 29 heavy (non-hydrogen) atoms. The highest BCUT2D eigenvalue weighted by molar-refractivity contribution is 6.30. The van der Waals surface area contributed by atoms with Crippen LogP contribution >= 0.6 is 11.6 Å². The van der Waals surface area contributed by atoms with Crippen LogP contribution in [0.25, 0.3) is 11.5 Å². The Labute approximate surface area is 172 Å². The van der Waals surface area contributed by atoms with Crippen LogP contribution in [0, 0.1) is 0 Å². The summed E-state index contributed by atoms with van der Waals surface area (Å²) in [5.41, 5.74) is 2.25. The molecule has 6 nitrogen and oxygen atoms in total. The summed E-state index contributed by atoms with van der Waals surface area (Å²) in [6, 6.07) is 24.8. The van der Waals surface area contributed by atoms with Gasteiger partial charge in [-0.25, -0.2) is 4.79 Å². The van der Waals surface area contributed by atoms with Crippen LogP contribution in [0.4, 0.5) is 10.5 Å². The monoisotopic (exact) mass is 404 g/mol. The molecule has 0 spiro atoms. The third kappa shape index (κ3) is 4.62. The summed E-state index contributed by atoms with van der Waals surface area (Å²) in [6.45, 7) is 0. The van der Waals surface area contributed by atoms with Gasteiger partial charge in [0.05, 0.1) is 0 Å². The van der Waals surface area contributed by atoms with Gasteiger partial charge >= 0.3 is 6.03 Å². The van der Waals surface area contributed by atoms with Gasteiger partial charge in [-0.15, -0.1) is 10.2 Å². The topological polar surface area (TPSA) is 80.0 Å². The van der Waals surface area contributed by atoms with Gasteiger partial charge < -0.3 is 15.1 Å². The van der Waals surface area contributed by atoms with E-state index in [0.29, 0.717) is 22.5 Å². The second kappa shape index (κ2) is 8.58. The summed E-state index contributed by atoms with van der Waals surface area (Å²) in [5, 5.41) is 14.6. The van der Waals surface area contributed by atoms with Gasteiger partial charge in [-0.2, -0.15) is 0 Å². The maximum absolute atomic E-state index is 12.6. The predicted molar refractivity (Wildman–Crippen MR) is 112 cm³/mol. The van der Waals surface area contributed by atoms with Crippen molar-refractivity contribution in [1.29, 1.82) is 0 Å². The first-order chi connectivity index (χ1) is 14.2. The van der Waals surface area contributed by atoms with Crippen LogP contribution in [0.2, 0.25) is 5.02 Å². The van der Waals surface area contributed by atoms with E-state index in [1.54, 1.807) is 24.3 Å². The number of hydrogen-bond donors (Lipinski definition) is 2. The van der Waals surface area contributed by atoms with Crippen molar-refractivity contribution in [1.82, 2.24) is 15.5 Å². The third-order valence-electron chi connectivity index (χ3n) is 4.22. The Morgan fingerprint density at radius 2 is 1.52 bits per heavy atom. The molecule has 2 N–H and O–H groups in total. The molecule has 4 rings (SSSR count). The first-order valence-corrected chi connectivity index (χ1v) is 9.34. The predicted octanol–water partition coefficient (Wildman–Crippen LogP) is 5.30. The van der Waals surface area contributed by atoms with Crippen molar-refractivity contribution in [3.8, 4) is 11.5 Å². The number of amides is 2. The Morgan fingerprint density at radius 3 is 2.21 bits per heavy atom. The fourth-order valence-electron chi connectivity index (χ4n) is 2.81. The van der Waals surface area contributed by atoms with Crippen molar-refractivity contribution in [3.63, 3.8) is 0 Å². The molecule has 7 heteroatoms. The van der Waals surface area contributed by atoms with Crippen LogP contribution in [-0.2, 0) is 0 Å². The third-order valence-corrected chi connectivity index (χ3v) is 4.47. The van der Waals surface area contributed by atoms with Crippen LogP contribution in [-0.4, -0.2) is 16.2 Å². The minimum Gasteiger partial charge on any atom is -0.418 e. The minimum atomic E-state index is -0.603. The van der Waals surface area contributed by atoms with E-state index in [1.807, 2.05) is 60.7 Å². The Morgan fingerprint density at radius 1 is 0.862 bits per heavy atom. The number of carbonyl (C=O) groups excluding carboxylic acids is 1. The van der Waals surface area contributed by atoms with E-state index in [1.165, 1.54) is 0 Å². The zero-order valence-corrected chi connectivity index (χ0v) is 16.0. The van der Waals surface area contributed by atoms with E-state index in [-0.39, 0.29) is 0 Å². The highest BCUT2D eigenvalue weighted by Gasteiger charge is 2.23. The standard InChI is InChI=1S/C22H17ClN4O2/c23-17-11-13-18(14-12-17)24-22(28)25-19(15-7-3-1-4-8-15)21-27-26-20(29-21)16-9-5-2-6-10-16/h1-14,19H,(H2,24,25,28)/t19-/m1/s1. The minimum absolute atomic E-state index is 0.293. The van der Waals surface area contributed by atoms with Gasteiger partial charge in [-0.1, -0.05) is 60.1 Å². The molecule has 0 radical (unpaired) electrons. The molecule has 0 saturated heterocycles.